The van der Waals surface area contributed by atoms with Gasteiger partial charge in [0.05, 0.1) is 6.42 Å². The lowest BCUT2D eigenvalue weighted by Gasteiger charge is -2.14. The number of amides is 1. The summed E-state index contributed by atoms with van der Waals surface area (Å²) in [5, 5.41) is 17.7. The average molecular weight is 347 g/mol. The zero-order valence-electron chi connectivity index (χ0n) is 12.9. The fourth-order valence-electron chi connectivity index (χ4n) is 2.29. The minimum Gasteiger partial charge on any atom is -0.481 e. The van der Waals surface area contributed by atoms with Crippen molar-refractivity contribution in [1.82, 2.24) is 0 Å². The molecule has 8 heteroatoms. The molecule has 24 heavy (non-hydrogen) atoms. The Morgan fingerprint density at radius 1 is 1.12 bits per heavy atom. The van der Waals surface area contributed by atoms with E-state index in [9.17, 15) is 22.8 Å². The van der Waals surface area contributed by atoms with Crippen LogP contribution in [0, 0.1) is 5.92 Å². The number of benzene rings is 1. The van der Waals surface area contributed by atoms with Crippen LogP contribution in [-0.2, 0) is 22.4 Å². The van der Waals surface area contributed by atoms with Crippen molar-refractivity contribution < 1.29 is 33.0 Å². The number of aliphatic hydroxyl groups excluding tert-OH is 1. The van der Waals surface area contributed by atoms with E-state index in [1.54, 1.807) is 12.1 Å². The van der Waals surface area contributed by atoms with E-state index in [0.717, 1.165) is 5.56 Å². The van der Waals surface area contributed by atoms with Gasteiger partial charge in [-0.05, 0) is 30.4 Å². The zero-order valence-corrected chi connectivity index (χ0v) is 12.9. The van der Waals surface area contributed by atoms with Crippen LogP contribution in [0.25, 0.3) is 0 Å². The monoisotopic (exact) mass is 347 g/mol. The normalized spacial score (nSPS) is 14.2. The van der Waals surface area contributed by atoms with Gasteiger partial charge in [0.1, 0.15) is 0 Å². The molecule has 0 saturated carbocycles. The minimum atomic E-state index is -4.65. The van der Waals surface area contributed by atoms with Gasteiger partial charge in [0.25, 0.3) is 0 Å². The van der Waals surface area contributed by atoms with Crippen molar-refractivity contribution in [3.63, 3.8) is 0 Å². The smallest absolute Gasteiger partial charge is 0.414 e. The summed E-state index contributed by atoms with van der Waals surface area (Å²) in [5.74, 6) is -2.48. The molecule has 0 bridgehead atoms. The number of carboxylic acids is 1. The molecule has 2 atom stereocenters. The molecule has 0 aliphatic rings. The molecule has 134 valence electrons. The number of aliphatic hydroxyl groups is 1. The molecule has 1 amide bonds. The summed E-state index contributed by atoms with van der Waals surface area (Å²) in [6, 6.07) is 6.31. The molecule has 0 saturated heterocycles. The van der Waals surface area contributed by atoms with E-state index in [1.807, 2.05) is 0 Å². The summed E-state index contributed by atoms with van der Waals surface area (Å²) in [6.07, 6.45) is -6.45. The van der Waals surface area contributed by atoms with Gasteiger partial charge in [-0.25, -0.2) is 0 Å². The summed E-state index contributed by atoms with van der Waals surface area (Å²) in [5.41, 5.74) is 6.36. The molecule has 0 radical (unpaired) electrons. The lowest BCUT2D eigenvalue weighted by atomic mass is 9.95. The van der Waals surface area contributed by atoms with E-state index in [0.29, 0.717) is 24.8 Å². The minimum absolute atomic E-state index is 0.316. The van der Waals surface area contributed by atoms with Crippen molar-refractivity contribution in [2.45, 2.75) is 44.4 Å². The van der Waals surface area contributed by atoms with E-state index in [4.69, 9.17) is 15.9 Å². The van der Waals surface area contributed by atoms with E-state index in [2.05, 4.69) is 0 Å². The molecule has 5 nitrogen and oxygen atoms in total. The fraction of sp³-hybridized carbons (Fsp3) is 0.500. The van der Waals surface area contributed by atoms with Crippen molar-refractivity contribution in [2.24, 2.45) is 11.7 Å². The van der Waals surface area contributed by atoms with E-state index in [1.165, 1.54) is 12.1 Å². The molecule has 0 heterocycles. The molecule has 0 aliphatic heterocycles. The Morgan fingerprint density at radius 2 is 1.67 bits per heavy atom. The van der Waals surface area contributed by atoms with Crippen LogP contribution in [0.15, 0.2) is 24.3 Å². The molecular weight excluding hydrogens is 327 g/mol. The lowest BCUT2D eigenvalue weighted by Crippen LogP contribution is -2.30. The van der Waals surface area contributed by atoms with Crippen molar-refractivity contribution in [3.05, 3.63) is 35.4 Å². The number of aryl methyl sites for hydroxylation is 1. The molecular formula is C16H20F3NO4. The third-order valence-corrected chi connectivity index (χ3v) is 3.67. The number of carbonyl (C=O) groups is 2. The lowest BCUT2D eigenvalue weighted by molar-refractivity contribution is -0.203. The van der Waals surface area contributed by atoms with Crippen molar-refractivity contribution in [2.75, 3.05) is 0 Å². The quantitative estimate of drug-likeness (QED) is 0.636. The molecule has 2 unspecified atom stereocenters. The van der Waals surface area contributed by atoms with Crippen LogP contribution in [0.3, 0.4) is 0 Å². The maximum Gasteiger partial charge on any atom is 0.414 e. The SMILES string of the molecule is NC(=O)C(CCCc1ccc(CC(O)C(F)(F)F)cc1)CC(=O)O. The number of aliphatic carboxylic acids is 1. The largest absolute Gasteiger partial charge is 0.481 e. The van der Waals surface area contributed by atoms with Crippen LogP contribution >= 0.6 is 0 Å². The second-order valence-corrected chi connectivity index (χ2v) is 5.67. The van der Waals surface area contributed by atoms with Crippen LogP contribution in [0.4, 0.5) is 13.2 Å². The van der Waals surface area contributed by atoms with Gasteiger partial charge < -0.3 is 15.9 Å². The van der Waals surface area contributed by atoms with Gasteiger partial charge in [-0.2, -0.15) is 13.2 Å². The van der Waals surface area contributed by atoms with Gasteiger partial charge in [0, 0.05) is 12.3 Å². The second-order valence-electron chi connectivity index (χ2n) is 5.67. The van der Waals surface area contributed by atoms with Gasteiger partial charge in [-0.15, -0.1) is 0 Å². The molecule has 0 fully saturated rings. The third kappa shape index (κ3) is 6.99. The Morgan fingerprint density at radius 3 is 2.12 bits per heavy atom. The van der Waals surface area contributed by atoms with Gasteiger partial charge in [-0.3, -0.25) is 9.59 Å². The Kier molecular flexibility index (Phi) is 7.21. The van der Waals surface area contributed by atoms with Gasteiger partial charge in [0.15, 0.2) is 6.10 Å². The Hall–Kier alpha value is -2.09. The first-order chi connectivity index (χ1) is 11.1. The standard InChI is InChI=1S/C16H20F3NO4/c17-16(18,19)13(21)8-11-6-4-10(5-7-11)2-1-3-12(15(20)24)9-14(22)23/h4-7,12-13,21H,1-3,8-9H2,(H2,20,24)(H,22,23). The van der Waals surface area contributed by atoms with Crippen LogP contribution in [0.5, 0.6) is 0 Å². The molecule has 0 aliphatic carbocycles. The number of primary amides is 1. The summed E-state index contributed by atoms with van der Waals surface area (Å²) in [6.45, 7) is 0. The van der Waals surface area contributed by atoms with Crippen molar-refractivity contribution in [1.29, 1.82) is 0 Å². The van der Waals surface area contributed by atoms with Gasteiger partial charge in [0.2, 0.25) is 5.91 Å². The highest BCUT2D eigenvalue weighted by atomic mass is 19.4. The van der Waals surface area contributed by atoms with Crippen LogP contribution in [-0.4, -0.2) is 34.4 Å². The van der Waals surface area contributed by atoms with Crippen molar-refractivity contribution in [3.8, 4) is 0 Å². The summed E-state index contributed by atoms with van der Waals surface area (Å²) < 4.78 is 36.8. The molecule has 0 spiro atoms. The average Bonchev–Trinajstić information content (AvgIpc) is 2.46. The second kappa shape index (κ2) is 8.68. The highest BCUT2D eigenvalue weighted by Gasteiger charge is 2.37. The maximum absolute atomic E-state index is 12.3. The fourth-order valence-corrected chi connectivity index (χ4v) is 2.29. The first-order valence-electron chi connectivity index (χ1n) is 7.43. The van der Waals surface area contributed by atoms with E-state index < -0.39 is 36.5 Å². The summed E-state index contributed by atoms with van der Waals surface area (Å²) in [4.78, 5) is 21.8. The van der Waals surface area contributed by atoms with Gasteiger partial charge in [-0.1, -0.05) is 24.3 Å². The zero-order chi connectivity index (χ0) is 18.3. The molecule has 1 aromatic rings. The molecule has 0 aromatic heterocycles. The maximum atomic E-state index is 12.3. The number of halogens is 3. The molecule has 1 aromatic carbocycles. The number of rotatable bonds is 9. The highest BCUT2D eigenvalue weighted by molar-refractivity contribution is 5.81. The number of hydrogen-bond acceptors (Lipinski definition) is 3. The Bertz CT molecular complexity index is 557. The first-order valence-corrected chi connectivity index (χ1v) is 7.43. The third-order valence-electron chi connectivity index (χ3n) is 3.67. The Labute approximate surface area is 137 Å². The summed E-state index contributed by atoms with van der Waals surface area (Å²) >= 11 is 0. The van der Waals surface area contributed by atoms with Crippen LogP contribution in [0.1, 0.15) is 30.4 Å². The number of alkyl halides is 3. The van der Waals surface area contributed by atoms with E-state index in [-0.39, 0.29) is 6.42 Å². The number of carbonyl (C=O) groups excluding carboxylic acids is 1. The topological polar surface area (TPSA) is 101 Å². The predicted octanol–water partition coefficient (Wildman–Crippen LogP) is 2.05. The number of carboxylic acid groups (broad SMARTS) is 1. The number of nitrogens with two attached hydrogens (primary N) is 1. The summed E-state index contributed by atoms with van der Waals surface area (Å²) in [7, 11) is 0. The van der Waals surface area contributed by atoms with E-state index >= 15 is 0 Å². The first kappa shape index (κ1) is 20.0. The molecule has 1 rings (SSSR count). The van der Waals surface area contributed by atoms with Crippen LogP contribution in [0.2, 0.25) is 0 Å². The van der Waals surface area contributed by atoms with Crippen molar-refractivity contribution >= 4 is 11.9 Å². The van der Waals surface area contributed by atoms with Crippen LogP contribution < -0.4 is 5.73 Å². The molecule has 4 N–H and O–H groups in total. The number of hydrogen-bond donors (Lipinski definition) is 3. The van der Waals surface area contributed by atoms with Gasteiger partial charge >= 0.3 is 12.1 Å². The predicted molar refractivity (Wildman–Crippen MR) is 80.1 cm³/mol. The highest BCUT2D eigenvalue weighted by Crippen LogP contribution is 2.23. The Balaban J connectivity index is 2.50.